The Kier molecular flexibility index (Phi) is 5.11. The molecule has 0 aliphatic heterocycles. The van der Waals surface area contributed by atoms with E-state index in [0.717, 1.165) is 5.56 Å². The van der Waals surface area contributed by atoms with Crippen molar-refractivity contribution in [2.45, 2.75) is 6.92 Å². The van der Waals surface area contributed by atoms with E-state index < -0.39 is 0 Å². The lowest BCUT2D eigenvalue weighted by Gasteiger charge is -2.09. The number of carbonyl (C=O) groups excluding carboxylic acids is 1. The minimum absolute atomic E-state index is 0.298. The first-order chi connectivity index (χ1) is 12.6. The number of benzene rings is 2. The van der Waals surface area contributed by atoms with Crippen LogP contribution < -0.4 is 10.6 Å². The highest BCUT2D eigenvalue weighted by molar-refractivity contribution is 6.30. The number of hydrogen-bond donors (Lipinski definition) is 2. The maximum atomic E-state index is 12.3. The molecule has 2 N–H and O–H groups in total. The number of carbonyl (C=O) groups is 1. The van der Waals surface area contributed by atoms with Crippen molar-refractivity contribution in [2.24, 2.45) is 0 Å². The van der Waals surface area contributed by atoms with Gasteiger partial charge in [0.2, 0.25) is 5.95 Å². The Labute approximate surface area is 155 Å². The summed E-state index contributed by atoms with van der Waals surface area (Å²) in [6.07, 6.45) is 2.84. The summed E-state index contributed by atoms with van der Waals surface area (Å²) in [5.74, 6) is -0.0219. The average molecular weight is 364 g/mol. The number of para-hydroxylation sites is 1. The van der Waals surface area contributed by atoms with Crippen LogP contribution in [0.1, 0.15) is 21.5 Å². The maximum Gasteiger partial charge on any atom is 0.258 e. The molecule has 0 unspecified atom stereocenters. The fraction of sp³-hybridized carbons (Fsp3) is 0.0526. The van der Waals surface area contributed by atoms with E-state index >= 15 is 0 Å². The highest BCUT2D eigenvalue weighted by Gasteiger charge is 2.10. The zero-order chi connectivity index (χ0) is 18.5. The molecule has 0 saturated heterocycles. The number of anilines is 3. The molecule has 0 saturated carbocycles. The van der Waals surface area contributed by atoms with Gasteiger partial charge < -0.3 is 10.6 Å². The van der Waals surface area contributed by atoms with Crippen LogP contribution in [0.15, 0.2) is 54.9 Å². The second-order valence-electron chi connectivity index (χ2n) is 5.49. The quantitative estimate of drug-likeness (QED) is 0.720. The van der Waals surface area contributed by atoms with E-state index in [2.05, 4.69) is 26.7 Å². The molecule has 1 heterocycles. The van der Waals surface area contributed by atoms with Crippen LogP contribution in [0, 0.1) is 18.3 Å². The molecule has 0 aliphatic rings. The molecule has 0 bridgehead atoms. The molecular formula is C19H14ClN5O. The van der Waals surface area contributed by atoms with Crippen molar-refractivity contribution in [3.63, 3.8) is 0 Å². The maximum absolute atomic E-state index is 12.3. The number of aryl methyl sites for hydroxylation is 1. The predicted molar refractivity (Wildman–Crippen MR) is 101 cm³/mol. The summed E-state index contributed by atoms with van der Waals surface area (Å²) in [6.45, 7) is 1.86. The normalized spacial score (nSPS) is 10.0. The monoisotopic (exact) mass is 363 g/mol. The number of halogens is 1. The third kappa shape index (κ3) is 3.97. The fourth-order valence-electron chi connectivity index (χ4n) is 2.28. The SMILES string of the molecule is Cc1cc(Cl)ccc1NC(=O)c1cnc(Nc2ccccc2C#N)nc1. The van der Waals surface area contributed by atoms with Gasteiger partial charge in [0.05, 0.1) is 16.8 Å². The summed E-state index contributed by atoms with van der Waals surface area (Å²) in [6, 6.07) is 14.3. The average Bonchev–Trinajstić information content (AvgIpc) is 2.65. The van der Waals surface area contributed by atoms with Crippen molar-refractivity contribution in [3.05, 3.63) is 76.6 Å². The van der Waals surface area contributed by atoms with Crippen LogP contribution in [0.5, 0.6) is 0 Å². The van der Waals surface area contributed by atoms with Gasteiger partial charge in [-0.15, -0.1) is 0 Å². The fourth-order valence-corrected chi connectivity index (χ4v) is 2.51. The number of amides is 1. The lowest BCUT2D eigenvalue weighted by atomic mass is 10.2. The van der Waals surface area contributed by atoms with Crippen molar-refractivity contribution < 1.29 is 4.79 Å². The Morgan fingerprint density at radius 1 is 1.12 bits per heavy atom. The van der Waals surface area contributed by atoms with Gasteiger partial charge in [-0.3, -0.25) is 4.79 Å². The lowest BCUT2D eigenvalue weighted by molar-refractivity contribution is 0.102. The van der Waals surface area contributed by atoms with Crippen molar-refractivity contribution >= 4 is 34.8 Å². The number of hydrogen-bond acceptors (Lipinski definition) is 5. The number of rotatable bonds is 4. The summed E-state index contributed by atoms with van der Waals surface area (Å²) >= 11 is 5.92. The summed E-state index contributed by atoms with van der Waals surface area (Å²) in [4.78, 5) is 20.6. The van der Waals surface area contributed by atoms with Crippen LogP contribution in [0.25, 0.3) is 0 Å². The number of nitriles is 1. The Morgan fingerprint density at radius 3 is 2.54 bits per heavy atom. The molecule has 3 aromatic rings. The summed E-state index contributed by atoms with van der Waals surface area (Å²) in [5.41, 5.74) is 2.93. The first-order valence-corrected chi connectivity index (χ1v) is 8.10. The van der Waals surface area contributed by atoms with E-state index in [1.165, 1.54) is 12.4 Å². The van der Waals surface area contributed by atoms with E-state index in [-0.39, 0.29) is 5.91 Å². The molecule has 26 heavy (non-hydrogen) atoms. The van der Waals surface area contributed by atoms with Crippen LogP contribution in [0.4, 0.5) is 17.3 Å². The van der Waals surface area contributed by atoms with Gasteiger partial charge in [-0.2, -0.15) is 5.26 Å². The predicted octanol–water partition coefficient (Wildman–Crippen LogP) is 4.31. The highest BCUT2D eigenvalue weighted by atomic mass is 35.5. The van der Waals surface area contributed by atoms with Gasteiger partial charge in [-0.1, -0.05) is 23.7 Å². The van der Waals surface area contributed by atoms with E-state index in [4.69, 9.17) is 16.9 Å². The number of nitrogens with zero attached hydrogens (tertiary/aromatic N) is 3. The molecule has 128 valence electrons. The van der Waals surface area contributed by atoms with Crippen LogP contribution in [0.2, 0.25) is 5.02 Å². The minimum Gasteiger partial charge on any atom is -0.323 e. The molecular weight excluding hydrogens is 350 g/mol. The van der Waals surface area contributed by atoms with Crippen molar-refractivity contribution in [2.75, 3.05) is 10.6 Å². The Morgan fingerprint density at radius 2 is 1.85 bits per heavy atom. The molecule has 0 radical (unpaired) electrons. The first kappa shape index (κ1) is 17.4. The van der Waals surface area contributed by atoms with Crippen LogP contribution >= 0.6 is 11.6 Å². The van der Waals surface area contributed by atoms with Crippen molar-refractivity contribution in [3.8, 4) is 6.07 Å². The zero-order valence-electron chi connectivity index (χ0n) is 13.8. The number of aromatic nitrogens is 2. The van der Waals surface area contributed by atoms with Gasteiger partial charge in [0.1, 0.15) is 6.07 Å². The molecule has 6 nitrogen and oxygen atoms in total. The molecule has 1 amide bonds. The molecule has 1 aromatic heterocycles. The van der Waals surface area contributed by atoms with Gasteiger partial charge in [-0.05, 0) is 42.8 Å². The lowest BCUT2D eigenvalue weighted by Crippen LogP contribution is -2.14. The van der Waals surface area contributed by atoms with Gasteiger partial charge in [-0.25, -0.2) is 9.97 Å². The van der Waals surface area contributed by atoms with E-state index in [1.54, 1.807) is 42.5 Å². The second kappa shape index (κ2) is 7.64. The Hall–Kier alpha value is -3.43. The van der Waals surface area contributed by atoms with E-state index in [9.17, 15) is 4.79 Å². The largest absolute Gasteiger partial charge is 0.323 e. The van der Waals surface area contributed by atoms with Gasteiger partial charge in [0.25, 0.3) is 5.91 Å². The minimum atomic E-state index is -0.320. The molecule has 2 aromatic carbocycles. The van der Waals surface area contributed by atoms with Crippen LogP contribution in [-0.2, 0) is 0 Å². The number of nitrogens with one attached hydrogen (secondary N) is 2. The molecule has 3 rings (SSSR count). The van der Waals surface area contributed by atoms with E-state index in [1.807, 2.05) is 6.92 Å². The summed E-state index contributed by atoms with van der Waals surface area (Å²) in [5, 5.41) is 15.5. The second-order valence-corrected chi connectivity index (χ2v) is 5.93. The van der Waals surface area contributed by atoms with Gasteiger partial charge in [0, 0.05) is 23.1 Å². The third-order valence-corrected chi connectivity index (χ3v) is 3.88. The molecule has 0 atom stereocenters. The van der Waals surface area contributed by atoms with Crippen LogP contribution in [0.3, 0.4) is 0 Å². The smallest absolute Gasteiger partial charge is 0.258 e. The highest BCUT2D eigenvalue weighted by Crippen LogP contribution is 2.21. The third-order valence-electron chi connectivity index (χ3n) is 3.64. The van der Waals surface area contributed by atoms with Crippen molar-refractivity contribution in [1.82, 2.24) is 9.97 Å². The molecule has 0 aliphatic carbocycles. The van der Waals surface area contributed by atoms with Gasteiger partial charge in [0.15, 0.2) is 0 Å². The van der Waals surface area contributed by atoms with E-state index in [0.29, 0.717) is 33.5 Å². The van der Waals surface area contributed by atoms with Crippen LogP contribution in [-0.4, -0.2) is 15.9 Å². The molecule has 0 spiro atoms. The molecule has 7 heteroatoms. The Bertz CT molecular complexity index is 996. The molecule has 0 fully saturated rings. The zero-order valence-corrected chi connectivity index (χ0v) is 14.6. The summed E-state index contributed by atoms with van der Waals surface area (Å²) < 4.78 is 0. The van der Waals surface area contributed by atoms with Crippen molar-refractivity contribution in [1.29, 1.82) is 5.26 Å². The first-order valence-electron chi connectivity index (χ1n) is 7.72. The van der Waals surface area contributed by atoms with Gasteiger partial charge >= 0.3 is 0 Å². The topological polar surface area (TPSA) is 90.7 Å². The summed E-state index contributed by atoms with van der Waals surface area (Å²) in [7, 11) is 0. The standard InChI is InChI=1S/C19H14ClN5O/c1-12-8-15(20)6-7-16(12)24-18(26)14-10-22-19(23-11-14)25-17-5-3-2-4-13(17)9-21/h2-8,10-11H,1H3,(H,24,26)(H,22,23,25). The Balaban J connectivity index is 1.73.